The van der Waals surface area contributed by atoms with Gasteiger partial charge in [-0.15, -0.1) is 0 Å². The van der Waals surface area contributed by atoms with Gasteiger partial charge in [-0.2, -0.15) is 25.2 Å². The molecule has 2 aromatic carbocycles. The number of aromatic nitrogens is 3. The van der Waals surface area contributed by atoms with Crippen LogP contribution in [-0.4, -0.2) is 27.1 Å². The van der Waals surface area contributed by atoms with Gasteiger partial charge in [0.1, 0.15) is 5.75 Å². The molecule has 0 spiro atoms. The van der Waals surface area contributed by atoms with E-state index in [0.29, 0.717) is 28.7 Å². The fourth-order valence-corrected chi connectivity index (χ4v) is 2.21. The Labute approximate surface area is 156 Å². The summed E-state index contributed by atoms with van der Waals surface area (Å²) in [4.78, 5) is 14.4. The molecule has 0 saturated carbocycles. The number of hydrogen-bond donors (Lipinski definition) is 2. The molecule has 0 atom stereocenters. The van der Waals surface area contributed by atoms with Gasteiger partial charge < -0.3 is 15.7 Å². The molecule has 0 saturated heterocycles. The molecule has 0 bridgehead atoms. The molecular formula is C19H19N7O. The zero-order valence-electron chi connectivity index (χ0n) is 15.0. The second-order valence-electron chi connectivity index (χ2n) is 5.89. The van der Waals surface area contributed by atoms with Crippen molar-refractivity contribution in [2.45, 2.75) is 6.92 Å². The van der Waals surface area contributed by atoms with Crippen LogP contribution in [0.5, 0.6) is 5.75 Å². The van der Waals surface area contributed by atoms with Crippen molar-refractivity contribution < 1.29 is 5.11 Å². The minimum atomic E-state index is 0.143. The molecule has 0 radical (unpaired) electrons. The maximum atomic E-state index is 9.28. The Balaban J connectivity index is 1.78. The molecule has 0 fully saturated rings. The standard InChI is InChI=1S/C19H19N7O/c1-12(2)17-21-18(20)23-19(22-17)26(3)15-8-4-13(5-9-15)24-25-14-6-10-16(27)11-7-14/h4-11,27H,1H2,2-3H3,(H2,20,21,22,23). The molecular weight excluding hydrogens is 342 g/mol. The van der Waals surface area contributed by atoms with E-state index in [2.05, 4.69) is 31.8 Å². The number of nitrogens with two attached hydrogens (primary N) is 1. The summed E-state index contributed by atoms with van der Waals surface area (Å²) in [6, 6.07) is 13.9. The van der Waals surface area contributed by atoms with Crippen LogP contribution in [0.3, 0.4) is 0 Å². The Morgan fingerprint density at radius 1 is 0.963 bits per heavy atom. The maximum absolute atomic E-state index is 9.28. The number of hydrogen-bond acceptors (Lipinski definition) is 8. The van der Waals surface area contributed by atoms with Crippen LogP contribution in [0.15, 0.2) is 65.3 Å². The molecule has 0 unspecified atom stereocenters. The smallest absolute Gasteiger partial charge is 0.234 e. The zero-order valence-corrected chi connectivity index (χ0v) is 15.0. The Bertz CT molecular complexity index is 982. The van der Waals surface area contributed by atoms with E-state index >= 15 is 0 Å². The van der Waals surface area contributed by atoms with Crippen LogP contribution in [0.1, 0.15) is 12.7 Å². The van der Waals surface area contributed by atoms with E-state index in [1.165, 1.54) is 0 Å². The average Bonchev–Trinajstić information content (AvgIpc) is 2.67. The third kappa shape index (κ3) is 4.43. The molecule has 27 heavy (non-hydrogen) atoms. The van der Waals surface area contributed by atoms with Crippen LogP contribution in [0.2, 0.25) is 0 Å². The van der Waals surface area contributed by atoms with Crippen LogP contribution in [0.4, 0.5) is 29.0 Å². The summed E-state index contributed by atoms with van der Waals surface area (Å²) in [5, 5.41) is 17.6. The minimum absolute atomic E-state index is 0.143. The number of azo groups is 1. The second kappa shape index (κ2) is 7.61. The number of anilines is 3. The number of phenolic OH excluding ortho intramolecular Hbond substituents is 1. The molecule has 1 aromatic heterocycles. The predicted molar refractivity (Wildman–Crippen MR) is 106 cm³/mol. The fraction of sp³-hybridized carbons (Fsp3) is 0.105. The lowest BCUT2D eigenvalue weighted by atomic mass is 10.2. The van der Waals surface area contributed by atoms with Crippen LogP contribution in [-0.2, 0) is 0 Å². The molecule has 8 heteroatoms. The third-order valence-electron chi connectivity index (χ3n) is 3.69. The number of rotatable bonds is 5. The molecule has 1 heterocycles. The number of allylic oxidation sites excluding steroid dienone is 1. The number of aromatic hydroxyl groups is 1. The van der Waals surface area contributed by atoms with E-state index in [-0.39, 0.29) is 11.7 Å². The van der Waals surface area contributed by atoms with Crippen molar-refractivity contribution in [3.05, 3.63) is 60.9 Å². The highest BCUT2D eigenvalue weighted by atomic mass is 16.3. The number of phenols is 1. The summed E-state index contributed by atoms with van der Waals surface area (Å²) < 4.78 is 0. The van der Waals surface area contributed by atoms with Gasteiger partial charge >= 0.3 is 0 Å². The lowest BCUT2D eigenvalue weighted by Crippen LogP contribution is -2.15. The van der Waals surface area contributed by atoms with Crippen molar-refractivity contribution in [1.29, 1.82) is 0 Å². The Morgan fingerprint density at radius 2 is 1.52 bits per heavy atom. The van der Waals surface area contributed by atoms with Gasteiger partial charge in [-0.05, 0) is 61.0 Å². The largest absolute Gasteiger partial charge is 0.508 e. The van der Waals surface area contributed by atoms with Crippen LogP contribution >= 0.6 is 0 Å². The minimum Gasteiger partial charge on any atom is -0.508 e. The first kappa shape index (κ1) is 18.0. The van der Waals surface area contributed by atoms with Gasteiger partial charge in [-0.1, -0.05) is 6.58 Å². The topological polar surface area (TPSA) is 113 Å². The van der Waals surface area contributed by atoms with Gasteiger partial charge in [-0.25, -0.2) is 0 Å². The number of benzene rings is 2. The molecule has 0 aliphatic rings. The normalized spacial score (nSPS) is 10.9. The first-order chi connectivity index (χ1) is 12.9. The van der Waals surface area contributed by atoms with Gasteiger partial charge in [0, 0.05) is 12.7 Å². The molecule has 0 amide bonds. The van der Waals surface area contributed by atoms with Crippen molar-refractivity contribution in [2.24, 2.45) is 10.2 Å². The molecule has 0 aliphatic carbocycles. The van der Waals surface area contributed by atoms with Crippen molar-refractivity contribution in [1.82, 2.24) is 15.0 Å². The van der Waals surface area contributed by atoms with Crippen molar-refractivity contribution in [3.63, 3.8) is 0 Å². The van der Waals surface area contributed by atoms with Gasteiger partial charge in [0.15, 0.2) is 5.82 Å². The van der Waals surface area contributed by atoms with Crippen molar-refractivity contribution in [3.8, 4) is 5.75 Å². The molecule has 8 nitrogen and oxygen atoms in total. The monoisotopic (exact) mass is 361 g/mol. The van der Waals surface area contributed by atoms with E-state index in [1.807, 2.05) is 38.2 Å². The molecule has 0 aliphatic heterocycles. The predicted octanol–water partition coefficient (Wildman–Crippen LogP) is 4.38. The Kier molecular flexibility index (Phi) is 5.07. The van der Waals surface area contributed by atoms with Gasteiger partial charge in [0.05, 0.1) is 11.4 Å². The lowest BCUT2D eigenvalue weighted by molar-refractivity contribution is 0.475. The second-order valence-corrected chi connectivity index (χ2v) is 5.89. The van der Waals surface area contributed by atoms with E-state index in [1.54, 1.807) is 29.2 Å². The Morgan fingerprint density at radius 3 is 2.07 bits per heavy atom. The van der Waals surface area contributed by atoms with Gasteiger partial charge in [0.2, 0.25) is 11.9 Å². The quantitative estimate of drug-likeness (QED) is 0.652. The first-order valence-corrected chi connectivity index (χ1v) is 8.14. The fourth-order valence-electron chi connectivity index (χ4n) is 2.21. The summed E-state index contributed by atoms with van der Waals surface area (Å²) in [5.41, 5.74) is 8.69. The number of nitrogen functional groups attached to an aromatic ring is 1. The molecule has 3 N–H and O–H groups in total. The van der Waals surface area contributed by atoms with E-state index in [0.717, 1.165) is 5.69 Å². The van der Waals surface area contributed by atoms with Crippen LogP contribution in [0.25, 0.3) is 5.57 Å². The highest BCUT2D eigenvalue weighted by Gasteiger charge is 2.11. The molecule has 3 rings (SSSR count). The summed E-state index contributed by atoms with van der Waals surface area (Å²) >= 11 is 0. The first-order valence-electron chi connectivity index (χ1n) is 8.14. The van der Waals surface area contributed by atoms with E-state index in [9.17, 15) is 5.11 Å². The molecule has 3 aromatic rings. The maximum Gasteiger partial charge on any atom is 0.234 e. The van der Waals surface area contributed by atoms with E-state index < -0.39 is 0 Å². The zero-order chi connectivity index (χ0) is 19.4. The van der Waals surface area contributed by atoms with Gasteiger partial charge in [-0.3, -0.25) is 0 Å². The number of nitrogens with zero attached hydrogens (tertiary/aromatic N) is 6. The van der Waals surface area contributed by atoms with Crippen molar-refractivity contribution in [2.75, 3.05) is 17.7 Å². The summed E-state index contributed by atoms with van der Waals surface area (Å²) in [5.74, 6) is 1.22. The lowest BCUT2D eigenvalue weighted by Gasteiger charge is -2.17. The van der Waals surface area contributed by atoms with Gasteiger partial charge in [0.25, 0.3) is 0 Å². The summed E-state index contributed by atoms with van der Waals surface area (Å²) in [6.45, 7) is 5.65. The van der Waals surface area contributed by atoms with Crippen molar-refractivity contribution >= 4 is 34.5 Å². The highest BCUT2D eigenvalue weighted by molar-refractivity contribution is 5.62. The average molecular weight is 361 g/mol. The van der Waals surface area contributed by atoms with Crippen LogP contribution in [0, 0.1) is 0 Å². The summed E-state index contributed by atoms with van der Waals surface area (Å²) in [7, 11) is 1.84. The van der Waals surface area contributed by atoms with Crippen LogP contribution < -0.4 is 10.6 Å². The van der Waals surface area contributed by atoms with E-state index in [4.69, 9.17) is 5.73 Å². The summed E-state index contributed by atoms with van der Waals surface area (Å²) in [6.07, 6.45) is 0. The Hall–Kier alpha value is -3.81. The SMILES string of the molecule is C=C(C)c1nc(N)nc(N(C)c2ccc(N=Nc3ccc(O)cc3)cc2)n1. The third-order valence-corrected chi connectivity index (χ3v) is 3.69. The molecule has 136 valence electrons. The highest BCUT2D eigenvalue weighted by Crippen LogP contribution is 2.26.